The number of rotatable bonds is 8. The van der Waals surface area contributed by atoms with Crippen LogP contribution in [-0.4, -0.2) is 26.4 Å². The van der Waals surface area contributed by atoms with Gasteiger partial charge in [-0.25, -0.2) is 0 Å². The molecule has 1 heterocycles. The topological polar surface area (TPSA) is 83.0 Å². The van der Waals surface area contributed by atoms with Crippen molar-refractivity contribution in [1.29, 1.82) is 0 Å². The molecule has 0 bridgehead atoms. The predicted octanol–water partition coefficient (Wildman–Crippen LogP) is 2.80. The highest BCUT2D eigenvalue weighted by atomic mass is 32.2. The largest absolute Gasteiger partial charge is 0.483 e. The highest BCUT2D eigenvalue weighted by molar-refractivity contribution is 7.99. The number of thioether (sulfide) groups is 1. The lowest BCUT2D eigenvalue weighted by Gasteiger charge is -2.16. The first-order chi connectivity index (χ1) is 11.4. The van der Waals surface area contributed by atoms with E-state index in [-0.39, 0.29) is 11.9 Å². The number of hydrogen-bond donors (Lipinski definition) is 1. The van der Waals surface area contributed by atoms with E-state index < -0.39 is 5.91 Å². The third-order valence-electron chi connectivity index (χ3n) is 3.56. The van der Waals surface area contributed by atoms with E-state index in [9.17, 15) is 4.79 Å². The van der Waals surface area contributed by atoms with Crippen molar-refractivity contribution in [3.8, 4) is 5.75 Å². The quantitative estimate of drug-likeness (QED) is 0.587. The summed E-state index contributed by atoms with van der Waals surface area (Å²) in [5.41, 5.74) is 7.59. The van der Waals surface area contributed by atoms with Crippen LogP contribution in [0.2, 0.25) is 0 Å². The number of aromatic nitrogens is 3. The van der Waals surface area contributed by atoms with Crippen molar-refractivity contribution in [3.63, 3.8) is 0 Å². The van der Waals surface area contributed by atoms with Gasteiger partial charge in [0.15, 0.2) is 17.1 Å². The maximum absolute atomic E-state index is 11.0. The summed E-state index contributed by atoms with van der Waals surface area (Å²) in [4.78, 5) is 11.0. The van der Waals surface area contributed by atoms with Crippen LogP contribution in [-0.2, 0) is 11.3 Å². The second kappa shape index (κ2) is 8.01. The molecule has 6 nitrogen and oxygen atoms in total. The van der Waals surface area contributed by atoms with Crippen LogP contribution in [0.1, 0.15) is 30.0 Å². The Morgan fingerprint density at radius 1 is 1.42 bits per heavy atom. The highest BCUT2D eigenvalue weighted by Crippen LogP contribution is 2.25. The van der Waals surface area contributed by atoms with Crippen LogP contribution in [0.25, 0.3) is 0 Å². The lowest BCUT2D eigenvalue weighted by molar-refractivity contribution is -0.115. The Kier molecular flexibility index (Phi) is 6.03. The average Bonchev–Trinajstić information content (AvgIpc) is 2.92. The van der Waals surface area contributed by atoms with Crippen LogP contribution in [0.4, 0.5) is 0 Å². The SMILES string of the molecule is C=CCn1c(SCC(N)=O)nnc1[C@H](C)Oc1ccc(C)c(C)c1. The van der Waals surface area contributed by atoms with Gasteiger partial charge in [-0.1, -0.05) is 23.9 Å². The molecule has 0 spiro atoms. The Balaban J connectivity index is 2.20. The Labute approximate surface area is 146 Å². The minimum Gasteiger partial charge on any atom is -0.483 e. The fourth-order valence-corrected chi connectivity index (χ4v) is 2.88. The molecule has 0 aliphatic rings. The van der Waals surface area contributed by atoms with Crippen LogP contribution in [0.5, 0.6) is 5.75 Å². The van der Waals surface area contributed by atoms with Crippen molar-refractivity contribution in [3.05, 3.63) is 47.8 Å². The zero-order chi connectivity index (χ0) is 17.7. The molecule has 0 aliphatic heterocycles. The van der Waals surface area contributed by atoms with Gasteiger partial charge in [0.05, 0.1) is 5.75 Å². The number of amides is 1. The van der Waals surface area contributed by atoms with Crippen molar-refractivity contribution in [2.45, 2.75) is 38.6 Å². The summed E-state index contributed by atoms with van der Waals surface area (Å²) in [7, 11) is 0. The van der Waals surface area contributed by atoms with E-state index in [0.29, 0.717) is 17.5 Å². The number of benzene rings is 1. The molecular formula is C17H22N4O2S. The maximum Gasteiger partial charge on any atom is 0.227 e. The van der Waals surface area contributed by atoms with E-state index >= 15 is 0 Å². The van der Waals surface area contributed by atoms with Gasteiger partial charge >= 0.3 is 0 Å². The zero-order valence-corrected chi connectivity index (χ0v) is 15.0. The third-order valence-corrected chi connectivity index (χ3v) is 4.54. The van der Waals surface area contributed by atoms with Crippen molar-refractivity contribution in [2.24, 2.45) is 5.73 Å². The molecule has 0 saturated heterocycles. The van der Waals surface area contributed by atoms with Gasteiger partial charge in [0, 0.05) is 6.54 Å². The summed E-state index contributed by atoms with van der Waals surface area (Å²) in [6.07, 6.45) is 1.46. The van der Waals surface area contributed by atoms with Gasteiger partial charge in [-0.2, -0.15) is 0 Å². The second-order valence-electron chi connectivity index (χ2n) is 5.50. The first-order valence-corrected chi connectivity index (χ1v) is 8.60. The van der Waals surface area contributed by atoms with Gasteiger partial charge in [0.2, 0.25) is 5.91 Å². The van der Waals surface area contributed by atoms with E-state index in [0.717, 1.165) is 5.75 Å². The molecule has 24 heavy (non-hydrogen) atoms. The van der Waals surface area contributed by atoms with Crippen molar-refractivity contribution in [1.82, 2.24) is 14.8 Å². The molecule has 2 N–H and O–H groups in total. The molecule has 7 heteroatoms. The van der Waals surface area contributed by atoms with Crippen LogP contribution >= 0.6 is 11.8 Å². The predicted molar refractivity (Wildman–Crippen MR) is 95.1 cm³/mol. The molecule has 0 aliphatic carbocycles. The summed E-state index contributed by atoms with van der Waals surface area (Å²) in [6, 6.07) is 5.97. The van der Waals surface area contributed by atoms with E-state index in [1.165, 1.54) is 22.9 Å². The molecule has 128 valence electrons. The molecule has 0 fully saturated rings. The Bertz CT molecular complexity index is 742. The highest BCUT2D eigenvalue weighted by Gasteiger charge is 2.19. The molecule has 1 amide bonds. The van der Waals surface area contributed by atoms with E-state index in [1.54, 1.807) is 6.08 Å². The summed E-state index contributed by atoms with van der Waals surface area (Å²) in [6.45, 7) is 10.3. The number of nitrogens with zero attached hydrogens (tertiary/aromatic N) is 3. The Hall–Kier alpha value is -2.28. The van der Waals surface area contributed by atoms with Crippen molar-refractivity contribution in [2.75, 3.05) is 5.75 Å². The second-order valence-corrected chi connectivity index (χ2v) is 6.44. The summed E-state index contributed by atoms with van der Waals surface area (Å²) in [5.74, 6) is 1.22. The molecule has 1 aromatic heterocycles. The summed E-state index contributed by atoms with van der Waals surface area (Å²) >= 11 is 1.26. The van der Waals surface area contributed by atoms with Gasteiger partial charge in [-0.3, -0.25) is 9.36 Å². The number of primary amides is 1. The standard InChI is InChI=1S/C17H22N4O2S/c1-5-8-21-16(19-20-17(21)24-10-15(18)22)13(4)23-14-7-6-11(2)12(3)9-14/h5-7,9,13H,1,8,10H2,2-4H3,(H2,18,22)/t13-/m0/s1. The van der Waals surface area contributed by atoms with Gasteiger partial charge < -0.3 is 10.5 Å². The molecular weight excluding hydrogens is 324 g/mol. The fourth-order valence-electron chi connectivity index (χ4n) is 2.19. The first-order valence-electron chi connectivity index (χ1n) is 7.61. The average molecular weight is 346 g/mol. The monoisotopic (exact) mass is 346 g/mol. The van der Waals surface area contributed by atoms with Crippen LogP contribution in [0.3, 0.4) is 0 Å². The number of allylic oxidation sites excluding steroid dienone is 1. The van der Waals surface area contributed by atoms with Crippen LogP contribution in [0.15, 0.2) is 36.0 Å². The van der Waals surface area contributed by atoms with E-state index in [4.69, 9.17) is 10.5 Å². The molecule has 1 aromatic carbocycles. The smallest absolute Gasteiger partial charge is 0.227 e. The molecule has 0 saturated carbocycles. The van der Waals surface area contributed by atoms with Crippen molar-refractivity contribution < 1.29 is 9.53 Å². The van der Waals surface area contributed by atoms with Gasteiger partial charge in [0.25, 0.3) is 0 Å². The van der Waals surface area contributed by atoms with Gasteiger partial charge in [-0.05, 0) is 44.0 Å². The fraction of sp³-hybridized carbons (Fsp3) is 0.353. The Morgan fingerprint density at radius 2 is 2.17 bits per heavy atom. The number of ether oxygens (including phenoxy) is 1. The van der Waals surface area contributed by atoms with E-state index in [1.807, 2.05) is 36.6 Å². The van der Waals surface area contributed by atoms with Crippen LogP contribution in [0, 0.1) is 13.8 Å². The number of nitrogens with two attached hydrogens (primary N) is 1. The van der Waals surface area contributed by atoms with Crippen LogP contribution < -0.4 is 10.5 Å². The molecule has 2 rings (SSSR count). The minimum atomic E-state index is -0.394. The van der Waals surface area contributed by atoms with Gasteiger partial charge in [-0.15, -0.1) is 16.8 Å². The lowest BCUT2D eigenvalue weighted by atomic mass is 10.1. The molecule has 1 atom stereocenters. The number of carbonyl (C=O) groups excluding carboxylic acids is 1. The van der Waals surface area contributed by atoms with Gasteiger partial charge in [0.1, 0.15) is 5.75 Å². The zero-order valence-electron chi connectivity index (χ0n) is 14.2. The molecule has 0 radical (unpaired) electrons. The first kappa shape index (κ1) is 18.1. The Morgan fingerprint density at radius 3 is 2.79 bits per heavy atom. The third kappa shape index (κ3) is 4.38. The molecule has 0 unspecified atom stereocenters. The van der Waals surface area contributed by atoms with Crippen molar-refractivity contribution >= 4 is 17.7 Å². The minimum absolute atomic E-state index is 0.154. The van der Waals surface area contributed by atoms with E-state index in [2.05, 4.69) is 23.7 Å². The number of aryl methyl sites for hydroxylation is 2. The normalized spacial score (nSPS) is 12.0. The molecule has 2 aromatic rings. The number of hydrogen-bond acceptors (Lipinski definition) is 5. The lowest BCUT2D eigenvalue weighted by Crippen LogP contribution is -2.15. The summed E-state index contributed by atoms with van der Waals surface area (Å²) in [5, 5.41) is 8.98. The number of carbonyl (C=O) groups is 1. The summed E-state index contributed by atoms with van der Waals surface area (Å²) < 4.78 is 7.88. The maximum atomic E-state index is 11.0.